The number of carbonyl (C=O) groups excluding carboxylic acids is 1. The van der Waals surface area contributed by atoms with Gasteiger partial charge in [0.1, 0.15) is 0 Å². The number of anilines is 1. The summed E-state index contributed by atoms with van der Waals surface area (Å²) in [6, 6.07) is 9.02. The fourth-order valence-corrected chi connectivity index (χ4v) is 2.52. The number of hydrogen-bond donors (Lipinski definition) is 1. The lowest BCUT2D eigenvalue weighted by molar-refractivity contribution is -0.122. The van der Waals surface area contributed by atoms with E-state index in [0.29, 0.717) is 34.1 Å². The number of aromatic nitrogens is 3. The van der Waals surface area contributed by atoms with Gasteiger partial charge in [-0.25, -0.2) is 9.55 Å². The highest BCUT2D eigenvalue weighted by Gasteiger charge is 2.28. The molecule has 0 saturated carbocycles. The molecular weight excluding hydrogens is 330 g/mol. The van der Waals surface area contributed by atoms with Gasteiger partial charge in [0, 0.05) is 12.0 Å². The quantitative estimate of drug-likeness (QED) is 0.774. The molecule has 0 unspecified atom stereocenters. The number of hydrogen-bond acceptors (Lipinski definition) is 5. The molecule has 3 aromatic rings. The Morgan fingerprint density at radius 2 is 2.08 bits per heavy atom. The predicted octanol–water partition coefficient (Wildman–Crippen LogP) is 3.81. The second-order valence-corrected chi connectivity index (χ2v) is 7.47. The molecule has 0 aliphatic carbocycles. The minimum absolute atomic E-state index is 0.134. The summed E-state index contributed by atoms with van der Waals surface area (Å²) in [7, 11) is 0. The predicted molar refractivity (Wildman–Crippen MR) is 97.8 cm³/mol. The first-order valence-corrected chi connectivity index (χ1v) is 8.38. The Balaban J connectivity index is 2.13. The van der Waals surface area contributed by atoms with Gasteiger partial charge in [-0.15, -0.1) is 0 Å². The summed E-state index contributed by atoms with van der Waals surface area (Å²) in [5, 5.41) is 16.0. The summed E-state index contributed by atoms with van der Waals surface area (Å²) in [4.78, 5) is 17.2. The molecule has 1 N–H and O–H groups in total. The van der Waals surface area contributed by atoms with Crippen molar-refractivity contribution in [2.75, 3.05) is 5.32 Å². The maximum Gasteiger partial charge on any atom is 0.238 e. The van der Waals surface area contributed by atoms with Crippen LogP contribution in [0.4, 0.5) is 5.95 Å². The van der Waals surface area contributed by atoms with Gasteiger partial charge in [-0.05, 0) is 30.5 Å². The van der Waals surface area contributed by atoms with Crippen LogP contribution >= 0.6 is 0 Å². The van der Waals surface area contributed by atoms with E-state index in [4.69, 9.17) is 4.52 Å². The van der Waals surface area contributed by atoms with Crippen molar-refractivity contribution < 1.29 is 9.32 Å². The number of rotatable bonds is 3. The molecule has 2 heterocycles. The molecule has 1 atom stereocenters. The van der Waals surface area contributed by atoms with Gasteiger partial charge in [-0.3, -0.25) is 10.1 Å². The number of imidazole rings is 1. The lowest BCUT2D eigenvalue weighted by Crippen LogP contribution is -2.31. The molecule has 0 saturated heterocycles. The molecule has 0 radical (unpaired) electrons. The van der Waals surface area contributed by atoms with Crippen molar-refractivity contribution in [2.45, 2.75) is 34.6 Å². The second kappa shape index (κ2) is 6.30. The van der Waals surface area contributed by atoms with Gasteiger partial charge in [-0.1, -0.05) is 32.9 Å². The van der Waals surface area contributed by atoms with Crippen molar-refractivity contribution in [3.8, 4) is 12.0 Å². The molecule has 0 aliphatic heterocycles. The summed E-state index contributed by atoms with van der Waals surface area (Å²) in [5.74, 6) is 0.416. The molecule has 26 heavy (non-hydrogen) atoms. The number of aryl methyl sites for hydroxylation is 1. The Kier molecular flexibility index (Phi) is 4.28. The molecule has 2 aromatic heterocycles. The first-order chi connectivity index (χ1) is 12.2. The lowest BCUT2D eigenvalue weighted by atomic mass is 9.81. The Bertz CT molecular complexity index is 1020. The second-order valence-electron chi connectivity index (χ2n) is 7.47. The Morgan fingerprint density at radius 1 is 1.35 bits per heavy atom. The molecule has 1 amide bonds. The van der Waals surface area contributed by atoms with E-state index in [1.807, 2.05) is 34.6 Å². The van der Waals surface area contributed by atoms with Gasteiger partial charge in [0.25, 0.3) is 0 Å². The van der Waals surface area contributed by atoms with E-state index in [2.05, 4.69) is 21.5 Å². The van der Waals surface area contributed by atoms with Crippen molar-refractivity contribution in [1.82, 2.24) is 14.7 Å². The standard InChI is InChI=1S/C19H21N5O2/c1-11-8-16(26-23-11)24-15-9-13(10-20)6-7-14(15)21-18(24)22-17(25)12(2)19(3,4)5/h6-9,12H,1-5H3,(H,21,22,25)/t12-/m1/s1. The van der Waals surface area contributed by atoms with Crippen LogP contribution in [0.5, 0.6) is 0 Å². The molecule has 0 bridgehead atoms. The normalized spacial score (nSPS) is 12.8. The molecule has 7 heteroatoms. The van der Waals surface area contributed by atoms with Gasteiger partial charge >= 0.3 is 0 Å². The van der Waals surface area contributed by atoms with Gasteiger partial charge in [0.2, 0.25) is 17.7 Å². The Morgan fingerprint density at radius 3 is 2.65 bits per heavy atom. The third kappa shape index (κ3) is 3.18. The van der Waals surface area contributed by atoms with Crippen LogP contribution in [-0.4, -0.2) is 20.6 Å². The van der Waals surface area contributed by atoms with Crippen LogP contribution in [0.15, 0.2) is 28.8 Å². The van der Waals surface area contributed by atoms with E-state index in [1.54, 1.807) is 28.8 Å². The molecular formula is C19H21N5O2. The van der Waals surface area contributed by atoms with Crippen molar-refractivity contribution >= 4 is 22.9 Å². The first kappa shape index (κ1) is 17.7. The minimum Gasteiger partial charge on any atom is -0.338 e. The van der Waals surface area contributed by atoms with Crippen LogP contribution in [-0.2, 0) is 4.79 Å². The summed E-state index contributed by atoms with van der Waals surface area (Å²) in [6.45, 7) is 9.74. The van der Waals surface area contributed by atoms with Crippen molar-refractivity contribution in [3.05, 3.63) is 35.5 Å². The number of nitriles is 1. The van der Waals surface area contributed by atoms with Crippen LogP contribution < -0.4 is 5.32 Å². The Labute approximate surface area is 151 Å². The summed E-state index contributed by atoms with van der Waals surface area (Å²) in [5.41, 5.74) is 2.34. The number of carbonyl (C=O) groups is 1. The number of amides is 1. The highest BCUT2D eigenvalue weighted by molar-refractivity contribution is 5.94. The van der Waals surface area contributed by atoms with Gasteiger partial charge in [0.15, 0.2) is 0 Å². The van der Waals surface area contributed by atoms with Crippen LogP contribution in [0.25, 0.3) is 16.9 Å². The summed E-state index contributed by atoms with van der Waals surface area (Å²) < 4.78 is 7.05. The van der Waals surface area contributed by atoms with Crippen LogP contribution in [0.2, 0.25) is 0 Å². The fraction of sp³-hybridized carbons (Fsp3) is 0.368. The maximum atomic E-state index is 12.7. The van der Waals surface area contributed by atoms with E-state index in [-0.39, 0.29) is 17.2 Å². The number of nitrogens with one attached hydrogen (secondary N) is 1. The number of benzene rings is 1. The van der Waals surface area contributed by atoms with Crippen LogP contribution in [0, 0.1) is 29.6 Å². The molecule has 0 aliphatic rings. The van der Waals surface area contributed by atoms with E-state index in [0.717, 1.165) is 0 Å². The zero-order valence-electron chi connectivity index (χ0n) is 15.5. The minimum atomic E-state index is -0.220. The zero-order chi connectivity index (χ0) is 19.1. The molecule has 3 rings (SSSR count). The lowest BCUT2D eigenvalue weighted by Gasteiger charge is -2.25. The highest BCUT2D eigenvalue weighted by atomic mass is 16.5. The van der Waals surface area contributed by atoms with Crippen LogP contribution in [0.1, 0.15) is 39.0 Å². The van der Waals surface area contributed by atoms with Crippen molar-refractivity contribution in [1.29, 1.82) is 5.26 Å². The molecule has 0 fully saturated rings. The highest BCUT2D eigenvalue weighted by Crippen LogP contribution is 2.29. The van der Waals surface area contributed by atoms with E-state index in [1.165, 1.54) is 0 Å². The number of fused-ring (bicyclic) bond motifs is 1. The average molecular weight is 351 g/mol. The molecule has 0 spiro atoms. The maximum absolute atomic E-state index is 12.7. The van der Waals surface area contributed by atoms with Gasteiger partial charge in [-0.2, -0.15) is 5.26 Å². The van der Waals surface area contributed by atoms with E-state index < -0.39 is 0 Å². The first-order valence-electron chi connectivity index (χ1n) is 8.38. The third-order valence-electron chi connectivity index (χ3n) is 4.55. The van der Waals surface area contributed by atoms with Crippen molar-refractivity contribution in [3.63, 3.8) is 0 Å². The van der Waals surface area contributed by atoms with Gasteiger partial charge in [0.05, 0.1) is 28.4 Å². The molecule has 7 nitrogen and oxygen atoms in total. The largest absolute Gasteiger partial charge is 0.338 e. The fourth-order valence-electron chi connectivity index (χ4n) is 2.52. The van der Waals surface area contributed by atoms with Gasteiger partial charge < -0.3 is 4.52 Å². The molecule has 134 valence electrons. The average Bonchev–Trinajstić information content (AvgIpc) is 3.15. The van der Waals surface area contributed by atoms with E-state index in [9.17, 15) is 10.1 Å². The topological polar surface area (TPSA) is 96.7 Å². The van der Waals surface area contributed by atoms with Crippen LogP contribution in [0.3, 0.4) is 0 Å². The smallest absolute Gasteiger partial charge is 0.238 e. The Hall–Kier alpha value is -3.14. The number of nitrogens with zero attached hydrogens (tertiary/aromatic N) is 4. The summed E-state index contributed by atoms with van der Waals surface area (Å²) in [6.07, 6.45) is 0. The third-order valence-corrected chi connectivity index (χ3v) is 4.55. The van der Waals surface area contributed by atoms with Crippen molar-refractivity contribution in [2.24, 2.45) is 11.3 Å². The monoisotopic (exact) mass is 351 g/mol. The zero-order valence-corrected chi connectivity index (χ0v) is 15.5. The SMILES string of the molecule is Cc1cc(-n2c(NC(=O)[C@@H](C)C(C)(C)C)nc3ccc(C#N)cc32)on1. The van der Waals surface area contributed by atoms with E-state index >= 15 is 0 Å². The molecule has 1 aromatic carbocycles. The summed E-state index contributed by atoms with van der Waals surface area (Å²) >= 11 is 0.